The van der Waals surface area contributed by atoms with Gasteiger partial charge >= 0.3 is 0 Å². The molecule has 2 amide bonds. The van der Waals surface area contributed by atoms with E-state index in [1.165, 1.54) is 25.7 Å². The number of thioether (sulfide) groups is 1. The first-order valence-electron chi connectivity index (χ1n) is 11.0. The highest BCUT2D eigenvalue weighted by atomic mass is 32.2. The van der Waals surface area contributed by atoms with Crippen molar-refractivity contribution in [3.05, 3.63) is 59.7 Å². The van der Waals surface area contributed by atoms with Gasteiger partial charge in [0.05, 0.1) is 5.75 Å². The van der Waals surface area contributed by atoms with E-state index >= 15 is 0 Å². The number of anilines is 2. The molecule has 1 aliphatic heterocycles. The summed E-state index contributed by atoms with van der Waals surface area (Å²) in [6.45, 7) is 4.25. The Kier molecular flexibility index (Phi) is 8.38. The van der Waals surface area contributed by atoms with Gasteiger partial charge in [0.1, 0.15) is 5.37 Å². The molecule has 0 radical (unpaired) electrons. The summed E-state index contributed by atoms with van der Waals surface area (Å²) in [4.78, 5) is 26.6. The quantitative estimate of drug-likeness (QED) is 0.445. The molecule has 0 aliphatic carbocycles. The molecule has 1 saturated heterocycles. The third-order valence-corrected chi connectivity index (χ3v) is 6.60. The zero-order valence-corrected chi connectivity index (χ0v) is 18.8. The van der Waals surface area contributed by atoms with Crippen LogP contribution in [0.3, 0.4) is 0 Å². The number of carbonyl (C=O) groups excluding carboxylic acids is 2. The molecule has 0 spiro atoms. The van der Waals surface area contributed by atoms with Crippen LogP contribution in [0.2, 0.25) is 0 Å². The molecule has 4 nitrogen and oxygen atoms in total. The number of nitrogens with one attached hydrogen (secondary N) is 1. The molecule has 1 N–H and O–H groups in total. The molecule has 160 valence electrons. The molecule has 0 aromatic heterocycles. The van der Waals surface area contributed by atoms with Gasteiger partial charge in [-0.1, -0.05) is 63.3 Å². The highest BCUT2D eigenvalue weighted by molar-refractivity contribution is 8.00. The fraction of sp³-hybridized carbons (Fsp3) is 0.440. The fourth-order valence-corrected chi connectivity index (χ4v) is 4.93. The first kappa shape index (κ1) is 22.4. The van der Waals surface area contributed by atoms with Crippen molar-refractivity contribution in [1.82, 2.24) is 0 Å². The van der Waals surface area contributed by atoms with Crippen LogP contribution in [0.4, 0.5) is 11.4 Å². The average Bonchev–Trinajstić information content (AvgIpc) is 3.12. The summed E-state index contributed by atoms with van der Waals surface area (Å²) >= 11 is 1.64. The summed E-state index contributed by atoms with van der Waals surface area (Å²) < 4.78 is 0. The molecule has 1 aliphatic rings. The van der Waals surface area contributed by atoms with Crippen LogP contribution in [-0.4, -0.2) is 17.6 Å². The molecular weight excluding hydrogens is 392 g/mol. The van der Waals surface area contributed by atoms with Crippen molar-refractivity contribution in [3.63, 3.8) is 0 Å². The number of amides is 2. The molecular formula is C25H32N2O2S. The predicted octanol–water partition coefficient (Wildman–Crippen LogP) is 6.46. The second-order valence-corrected chi connectivity index (χ2v) is 9.02. The molecule has 1 heterocycles. The second-order valence-electron chi connectivity index (χ2n) is 7.95. The molecule has 0 unspecified atom stereocenters. The highest BCUT2D eigenvalue weighted by Gasteiger charge is 2.34. The van der Waals surface area contributed by atoms with Crippen molar-refractivity contribution in [2.24, 2.45) is 0 Å². The zero-order chi connectivity index (χ0) is 21.3. The SMILES string of the molecule is CCCCCCCCC(=O)Nc1ccc([C@H]2SCC(=O)N2c2cccc(C)c2)cc1. The molecule has 1 fully saturated rings. The third kappa shape index (κ3) is 6.11. The van der Waals surface area contributed by atoms with Crippen molar-refractivity contribution in [1.29, 1.82) is 0 Å². The van der Waals surface area contributed by atoms with Gasteiger partial charge in [0.2, 0.25) is 11.8 Å². The van der Waals surface area contributed by atoms with Crippen LogP contribution in [-0.2, 0) is 9.59 Å². The Morgan fingerprint density at radius 3 is 2.53 bits per heavy atom. The monoisotopic (exact) mass is 424 g/mol. The van der Waals surface area contributed by atoms with E-state index in [9.17, 15) is 9.59 Å². The molecule has 2 aromatic rings. The Labute approximate surface area is 184 Å². The van der Waals surface area contributed by atoms with Gasteiger partial charge in [-0.05, 0) is 48.7 Å². The van der Waals surface area contributed by atoms with E-state index in [0.717, 1.165) is 35.3 Å². The van der Waals surface area contributed by atoms with Gasteiger partial charge in [-0.2, -0.15) is 0 Å². The summed E-state index contributed by atoms with van der Waals surface area (Å²) in [5.74, 6) is 0.687. The summed E-state index contributed by atoms with van der Waals surface area (Å²) in [7, 11) is 0. The topological polar surface area (TPSA) is 49.4 Å². The lowest BCUT2D eigenvalue weighted by Crippen LogP contribution is -2.27. The van der Waals surface area contributed by atoms with Crippen LogP contribution < -0.4 is 10.2 Å². The van der Waals surface area contributed by atoms with E-state index < -0.39 is 0 Å². The van der Waals surface area contributed by atoms with E-state index in [-0.39, 0.29) is 17.2 Å². The van der Waals surface area contributed by atoms with Gasteiger partial charge in [-0.3, -0.25) is 14.5 Å². The third-order valence-electron chi connectivity index (χ3n) is 5.38. The van der Waals surface area contributed by atoms with Crippen molar-refractivity contribution in [2.75, 3.05) is 16.0 Å². The number of carbonyl (C=O) groups is 2. The Bertz CT molecular complexity index is 850. The molecule has 30 heavy (non-hydrogen) atoms. The highest BCUT2D eigenvalue weighted by Crippen LogP contribution is 2.42. The second kappa shape index (κ2) is 11.2. The number of benzene rings is 2. The maximum atomic E-state index is 12.5. The molecule has 2 aromatic carbocycles. The lowest BCUT2D eigenvalue weighted by molar-refractivity contribution is -0.116. The first-order chi connectivity index (χ1) is 14.6. The van der Waals surface area contributed by atoms with Crippen LogP contribution in [0.25, 0.3) is 0 Å². The molecule has 5 heteroatoms. The van der Waals surface area contributed by atoms with Crippen LogP contribution in [0, 0.1) is 6.92 Å². The van der Waals surface area contributed by atoms with Crippen LogP contribution in [0.1, 0.15) is 68.4 Å². The lowest BCUT2D eigenvalue weighted by atomic mass is 10.1. The Balaban J connectivity index is 1.56. The molecule has 0 bridgehead atoms. The fourth-order valence-electron chi connectivity index (χ4n) is 3.75. The van der Waals surface area contributed by atoms with Crippen molar-refractivity contribution in [2.45, 2.75) is 64.2 Å². The Hall–Kier alpha value is -2.27. The average molecular weight is 425 g/mol. The van der Waals surface area contributed by atoms with Crippen molar-refractivity contribution < 1.29 is 9.59 Å². The minimum absolute atomic E-state index is 0.0350. The Morgan fingerprint density at radius 1 is 1.07 bits per heavy atom. The van der Waals surface area contributed by atoms with E-state index in [0.29, 0.717) is 12.2 Å². The minimum atomic E-state index is -0.0350. The standard InChI is InChI=1S/C25H32N2O2S/c1-3-4-5-6-7-8-12-23(28)26-21-15-13-20(14-16-21)25-27(24(29)18-30-25)22-11-9-10-19(2)17-22/h9-11,13-17,25H,3-8,12,18H2,1-2H3,(H,26,28)/t25-/m1/s1. The van der Waals surface area contributed by atoms with Gasteiger partial charge < -0.3 is 5.32 Å². The van der Waals surface area contributed by atoms with Gasteiger partial charge in [-0.25, -0.2) is 0 Å². The molecule has 3 rings (SSSR count). The zero-order valence-electron chi connectivity index (χ0n) is 18.0. The predicted molar refractivity (Wildman–Crippen MR) is 127 cm³/mol. The number of hydrogen-bond acceptors (Lipinski definition) is 3. The summed E-state index contributed by atoms with van der Waals surface area (Å²) in [5.41, 5.74) is 3.96. The summed E-state index contributed by atoms with van der Waals surface area (Å²) in [6, 6.07) is 16.0. The number of unbranched alkanes of at least 4 members (excludes halogenated alkanes) is 5. The lowest BCUT2D eigenvalue weighted by Gasteiger charge is -2.25. The van der Waals surface area contributed by atoms with E-state index in [1.807, 2.05) is 60.4 Å². The van der Waals surface area contributed by atoms with Crippen LogP contribution in [0.5, 0.6) is 0 Å². The van der Waals surface area contributed by atoms with Crippen molar-refractivity contribution >= 4 is 35.0 Å². The smallest absolute Gasteiger partial charge is 0.238 e. The summed E-state index contributed by atoms with van der Waals surface area (Å²) in [6.07, 6.45) is 7.64. The van der Waals surface area contributed by atoms with Gasteiger partial charge in [0.15, 0.2) is 0 Å². The number of aryl methyl sites for hydroxylation is 1. The molecule has 0 saturated carbocycles. The van der Waals surface area contributed by atoms with Crippen LogP contribution >= 0.6 is 11.8 Å². The number of hydrogen-bond donors (Lipinski definition) is 1. The van der Waals surface area contributed by atoms with Crippen LogP contribution in [0.15, 0.2) is 48.5 Å². The van der Waals surface area contributed by atoms with E-state index in [4.69, 9.17) is 0 Å². The minimum Gasteiger partial charge on any atom is -0.326 e. The maximum Gasteiger partial charge on any atom is 0.238 e. The number of rotatable bonds is 10. The van der Waals surface area contributed by atoms with E-state index in [1.54, 1.807) is 11.8 Å². The molecule has 1 atom stereocenters. The first-order valence-corrected chi connectivity index (χ1v) is 12.0. The van der Waals surface area contributed by atoms with Gasteiger partial charge in [-0.15, -0.1) is 11.8 Å². The van der Waals surface area contributed by atoms with Crippen molar-refractivity contribution in [3.8, 4) is 0 Å². The van der Waals surface area contributed by atoms with Gasteiger partial charge in [0.25, 0.3) is 0 Å². The number of nitrogens with zero attached hydrogens (tertiary/aromatic N) is 1. The maximum absolute atomic E-state index is 12.5. The largest absolute Gasteiger partial charge is 0.326 e. The normalized spacial score (nSPS) is 16.1. The van der Waals surface area contributed by atoms with Gasteiger partial charge in [0, 0.05) is 17.8 Å². The Morgan fingerprint density at radius 2 is 1.80 bits per heavy atom. The van der Waals surface area contributed by atoms with E-state index in [2.05, 4.69) is 12.2 Å². The summed E-state index contributed by atoms with van der Waals surface area (Å²) in [5, 5.41) is 2.96.